The van der Waals surface area contributed by atoms with Crippen LogP contribution >= 0.6 is 35.6 Å². The summed E-state index contributed by atoms with van der Waals surface area (Å²) in [5, 5.41) is 4.64. The van der Waals surface area contributed by atoms with Gasteiger partial charge in [0.15, 0.2) is 11.5 Å². The van der Waals surface area contributed by atoms with E-state index < -0.39 is 0 Å². The van der Waals surface area contributed by atoms with Crippen LogP contribution < -0.4 is 14.8 Å². The third-order valence-electron chi connectivity index (χ3n) is 3.54. The van der Waals surface area contributed by atoms with Gasteiger partial charge in [0.2, 0.25) is 0 Å². The number of rotatable bonds is 8. The SMILES string of the molecule is COc1cccc(CNCC(C)C)c1OCc1ccc(Cl)cc1Cl.Cl. The second-order valence-corrected chi connectivity index (χ2v) is 6.84. The first-order chi connectivity index (χ1) is 11.5. The molecular formula is C19H24Cl3NO2. The van der Waals surface area contributed by atoms with Crippen molar-refractivity contribution in [2.24, 2.45) is 5.92 Å². The molecule has 6 heteroatoms. The zero-order chi connectivity index (χ0) is 17.5. The summed E-state index contributed by atoms with van der Waals surface area (Å²) in [4.78, 5) is 0. The Kier molecular flexibility index (Phi) is 9.44. The van der Waals surface area contributed by atoms with Crippen molar-refractivity contribution in [1.29, 1.82) is 0 Å². The van der Waals surface area contributed by atoms with E-state index in [1.54, 1.807) is 19.2 Å². The Morgan fingerprint density at radius 2 is 1.84 bits per heavy atom. The van der Waals surface area contributed by atoms with Crippen molar-refractivity contribution in [1.82, 2.24) is 5.32 Å². The third kappa shape index (κ3) is 6.59. The quantitative estimate of drug-likeness (QED) is 0.608. The highest BCUT2D eigenvalue weighted by atomic mass is 35.5. The fourth-order valence-corrected chi connectivity index (χ4v) is 2.77. The fraction of sp³-hybridized carbons (Fsp3) is 0.368. The summed E-state index contributed by atoms with van der Waals surface area (Å²) < 4.78 is 11.5. The van der Waals surface area contributed by atoms with Crippen LogP contribution in [-0.4, -0.2) is 13.7 Å². The molecule has 0 aromatic heterocycles. The van der Waals surface area contributed by atoms with Gasteiger partial charge in [-0.1, -0.05) is 55.2 Å². The van der Waals surface area contributed by atoms with Gasteiger partial charge in [0.25, 0.3) is 0 Å². The molecule has 2 aromatic carbocycles. The van der Waals surface area contributed by atoms with E-state index in [0.717, 1.165) is 30.0 Å². The molecule has 2 rings (SSSR count). The zero-order valence-electron chi connectivity index (χ0n) is 14.6. The summed E-state index contributed by atoms with van der Waals surface area (Å²) in [5.41, 5.74) is 1.94. The minimum absolute atomic E-state index is 0. The highest BCUT2D eigenvalue weighted by Crippen LogP contribution is 2.32. The number of nitrogens with one attached hydrogen (secondary N) is 1. The van der Waals surface area contributed by atoms with Gasteiger partial charge in [-0.05, 0) is 30.7 Å². The van der Waals surface area contributed by atoms with Crippen LogP contribution in [0.15, 0.2) is 36.4 Å². The zero-order valence-corrected chi connectivity index (χ0v) is 17.0. The molecule has 138 valence electrons. The minimum atomic E-state index is 0. The lowest BCUT2D eigenvalue weighted by molar-refractivity contribution is 0.280. The van der Waals surface area contributed by atoms with Crippen molar-refractivity contribution in [3.05, 3.63) is 57.6 Å². The van der Waals surface area contributed by atoms with Gasteiger partial charge in [0.1, 0.15) is 6.61 Å². The molecule has 0 atom stereocenters. The summed E-state index contributed by atoms with van der Waals surface area (Å²) in [5.74, 6) is 2.04. The lowest BCUT2D eigenvalue weighted by Crippen LogP contribution is -2.19. The molecule has 0 amide bonds. The molecule has 25 heavy (non-hydrogen) atoms. The number of ether oxygens (including phenoxy) is 2. The molecule has 1 N–H and O–H groups in total. The van der Waals surface area contributed by atoms with Gasteiger partial charge in [-0.2, -0.15) is 0 Å². The second kappa shape index (κ2) is 10.8. The lowest BCUT2D eigenvalue weighted by Gasteiger charge is -2.16. The van der Waals surface area contributed by atoms with E-state index >= 15 is 0 Å². The first-order valence-corrected chi connectivity index (χ1v) is 8.70. The van der Waals surface area contributed by atoms with Crippen LogP contribution in [0.4, 0.5) is 0 Å². The Morgan fingerprint density at radius 1 is 1.08 bits per heavy atom. The van der Waals surface area contributed by atoms with E-state index in [0.29, 0.717) is 28.3 Å². The molecule has 3 nitrogen and oxygen atoms in total. The standard InChI is InChI=1S/C19H23Cl2NO2.ClH/c1-13(2)10-22-11-14-5-4-6-18(23-3)19(14)24-12-15-7-8-16(20)9-17(15)21;/h4-9,13,22H,10-12H2,1-3H3;1H. The Morgan fingerprint density at radius 3 is 2.48 bits per heavy atom. The molecule has 0 bridgehead atoms. The maximum absolute atomic E-state index is 6.22. The summed E-state index contributed by atoms with van der Waals surface area (Å²) >= 11 is 12.2. The number of benzene rings is 2. The maximum atomic E-state index is 6.22. The minimum Gasteiger partial charge on any atom is -0.493 e. The largest absolute Gasteiger partial charge is 0.493 e. The summed E-state index contributed by atoms with van der Waals surface area (Å²) in [6.45, 7) is 6.38. The Bertz CT molecular complexity index is 678. The normalized spacial score (nSPS) is 10.5. The van der Waals surface area contributed by atoms with E-state index in [-0.39, 0.29) is 12.4 Å². The van der Waals surface area contributed by atoms with Gasteiger partial charge >= 0.3 is 0 Å². The molecule has 0 fully saturated rings. The molecule has 0 unspecified atom stereocenters. The van der Waals surface area contributed by atoms with Crippen LogP contribution in [-0.2, 0) is 13.2 Å². The van der Waals surface area contributed by atoms with Crippen molar-refractivity contribution in [2.75, 3.05) is 13.7 Å². The van der Waals surface area contributed by atoms with Gasteiger partial charge in [-0.15, -0.1) is 12.4 Å². The number of methoxy groups -OCH3 is 1. The van der Waals surface area contributed by atoms with Crippen LogP contribution in [0.3, 0.4) is 0 Å². The molecule has 0 radical (unpaired) electrons. The van der Waals surface area contributed by atoms with Gasteiger partial charge in [0, 0.05) is 27.7 Å². The van der Waals surface area contributed by atoms with Crippen LogP contribution in [0, 0.1) is 5.92 Å². The van der Waals surface area contributed by atoms with Gasteiger partial charge in [-0.3, -0.25) is 0 Å². The maximum Gasteiger partial charge on any atom is 0.166 e. The molecule has 0 saturated carbocycles. The second-order valence-electron chi connectivity index (χ2n) is 6.00. The summed E-state index contributed by atoms with van der Waals surface area (Å²) in [6.07, 6.45) is 0. The first-order valence-electron chi connectivity index (χ1n) is 7.94. The van der Waals surface area contributed by atoms with Crippen molar-refractivity contribution in [3.8, 4) is 11.5 Å². The Hall–Kier alpha value is -1.13. The highest BCUT2D eigenvalue weighted by molar-refractivity contribution is 6.35. The first kappa shape index (κ1) is 21.9. The molecular weight excluding hydrogens is 381 g/mol. The topological polar surface area (TPSA) is 30.5 Å². The van der Waals surface area contributed by atoms with Gasteiger partial charge < -0.3 is 14.8 Å². The smallest absolute Gasteiger partial charge is 0.166 e. The lowest BCUT2D eigenvalue weighted by atomic mass is 10.1. The molecule has 0 spiro atoms. The molecule has 2 aromatic rings. The predicted molar refractivity (Wildman–Crippen MR) is 108 cm³/mol. The molecule has 0 heterocycles. The number of para-hydroxylation sites is 1. The van der Waals surface area contributed by atoms with Crippen molar-refractivity contribution in [3.63, 3.8) is 0 Å². The van der Waals surface area contributed by atoms with E-state index in [2.05, 4.69) is 19.2 Å². The average molecular weight is 405 g/mol. The highest BCUT2D eigenvalue weighted by Gasteiger charge is 2.12. The monoisotopic (exact) mass is 403 g/mol. The predicted octanol–water partition coefficient (Wildman–Crippen LogP) is 5.75. The van der Waals surface area contributed by atoms with Crippen LogP contribution in [0.5, 0.6) is 11.5 Å². The van der Waals surface area contributed by atoms with E-state index in [1.165, 1.54) is 0 Å². The fourth-order valence-electron chi connectivity index (χ4n) is 2.31. The van der Waals surface area contributed by atoms with Crippen LogP contribution in [0.25, 0.3) is 0 Å². The molecule has 0 saturated heterocycles. The average Bonchev–Trinajstić information content (AvgIpc) is 2.54. The Balaban J connectivity index is 0.00000312. The van der Waals surface area contributed by atoms with E-state index in [4.69, 9.17) is 32.7 Å². The molecule has 0 aliphatic carbocycles. The van der Waals surface area contributed by atoms with Gasteiger partial charge in [-0.25, -0.2) is 0 Å². The number of hydrogen-bond donors (Lipinski definition) is 1. The van der Waals surface area contributed by atoms with Crippen LogP contribution in [0.2, 0.25) is 10.0 Å². The van der Waals surface area contributed by atoms with E-state index in [9.17, 15) is 0 Å². The van der Waals surface area contributed by atoms with E-state index in [1.807, 2.05) is 24.3 Å². The Labute approximate surface area is 166 Å². The van der Waals surface area contributed by atoms with Crippen molar-refractivity contribution in [2.45, 2.75) is 27.0 Å². The summed E-state index contributed by atoms with van der Waals surface area (Å²) in [6, 6.07) is 11.3. The third-order valence-corrected chi connectivity index (χ3v) is 4.12. The number of hydrogen-bond acceptors (Lipinski definition) is 3. The molecule has 0 aliphatic rings. The molecule has 0 aliphatic heterocycles. The van der Waals surface area contributed by atoms with Crippen molar-refractivity contribution < 1.29 is 9.47 Å². The summed E-state index contributed by atoms with van der Waals surface area (Å²) in [7, 11) is 1.64. The van der Waals surface area contributed by atoms with Crippen molar-refractivity contribution >= 4 is 35.6 Å². The van der Waals surface area contributed by atoms with Gasteiger partial charge in [0.05, 0.1) is 7.11 Å². The number of halogens is 3. The van der Waals surface area contributed by atoms with Crippen LogP contribution in [0.1, 0.15) is 25.0 Å².